The van der Waals surface area contributed by atoms with Crippen molar-refractivity contribution >= 4 is 31.6 Å². The molecule has 0 amide bonds. The van der Waals surface area contributed by atoms with E-state index in [0.717, 1.165) is 6.26 Å². The summed E-state index contributed by atoms with van der Waals surface area (Å²) in [6.45, 7) is 2.38. The second-order valence-electron chi connectivity index (χ2n) is 3.57. The lowest BCUT2D eigenvalue weighted by molar-refractivity contribution is 0.102. The number of halogens is 1. The number of ketones is 1. The van der Waals surface area contributed by atoms with Gasteiger partial charge in [-0.25, -0.2) is 8.42 Å². The van der Waals surface area contributed by atoms with Crippen LogP contribution in [0.5, 0.6) is 5.75 Å². The number of ether oxygens (including phenoxy) is 1. The van der Waals surface area contributed by atoms with E-state index in [1.807, 2.05) is 6.92 Å². The maximum Gasteiger partial charge on any atom is 0.177 e. The summed E-state index contributed by atoms with van der Waals surface area (Å²) >= 11 is 3.27. The number of sulfone groups is 1. The fraction of sp³-hybridized carbons (Fsp3) is 0.364. The van der Waals surface area contributed by atoms with Crippen LogP contribution in [0.25, 0.3) is 0 Å². The summed E-state index contributed by atoms with van der Waals surface area (Å²) in [4.78, 5) is 11.6. The third kappa shape index (κ3) is 4.47. The molecule has 0 bridgehead atoms. The van der Waals surface area contributed by atoms with Crippen LogP contribution in [-0.4, -0.2) is 32.8 Å². The summed E-state index contributed by atoms with van der Waals surface area (Å²) in [6, 6.07) is 4.77. The molecule has 0 aliphatic heterocycles. The molecule has 0 saturated carbocycles. The number of Topliss-reactive ketones (excluding diaryl/α,β-unsaturated/α-hetero) is 1. The molecule has 4 nitrogen and oxygen atoms in total. The van der Waals surface area contributed by atoms with E-state index in [9.17, 15) is 13.2 Å². The molecule has 0 radical (unpaired) electrons. The lowest BCUT2D eigenvalue weighted by Gasteiger charge is -2.07. The highest BCUT2D eigenvalue weighted by molar-refractivity contribution is 9.10. The molecule has 1 rings (SSSR count). The van der Waals surface area contributed by atoms with Crippen molar-refractivity contribution < 1.29 is 17.9 Å². The van der Waals surface area contributed by atoms with E-state index in [1.54, 1.807) is 18.2 Å². The van der Waals surface area contributed by atoms with Crippen molar-refractivity contribution in [1.82, 2.24) is 0 Å². The molecule has 0 unspecified atom stereocenters. The second-order valence-corrected chi connectivity index (χ2v) is 6.57. The minimum Gasteiger partial charge on any atom is -0.493 e. The highest BCUT2D eigenvalue weighted by Gasteiger charge is 2.14. The van der Waals surface area contributed by atoms with E-state index in [-0.39, 0.29) is 0 Å². The van der Waals surface area contributed by atoms with E-state index < -0.39 is 21.4 Å². The Hall–Kier alpha value is -0.880. The summed E-state index contributed by atoms with van der Waals surface area (Å²) in [5.74, 6) is -0.271. The summed E-state index contributed by atoms with van der Waals surface area (Å²) in [7, 11) is -3.30. The van der Waals surface area contributed by atoms with Gasteiger partial charge in [0.25, 0.3) is 0 Å². The second kappa shape index (κ2) is 5.64. The highest BCUT2D eigenvalue weighted by atomic mass is 79.9. The third-order valence-corrected chi connectivity index (χ3v) is 3.35. The summed E-state index contributed by atoms with van der Waals surface area (Å²) in [5.41, 5.74) is 0.353. The third-order valence-electron chi connectivity index (χ3n) is 1.95. The minimum atomic E-state index is -3.30. The van der Waals surface area contributed by atoms with Crippen LogP contribution in [0.15, 0.2) is 22.7 Å². The van der Waals surface area contributed by atoms with Crippen molar-refractivity contribution in [2.24, 2.45) is 0 Å². The molecule has 0 N–H and O–H groups in total. The predicted octanol–water partition coefficient (Wildman–Crippen LogP) is 2.08. The van der Waals surface area contributed by atoms with E-state index in [4.69, 9.17) is 4.74 Å². The maximum atomic E-state index is 11.6. The van der Waals surface area contributed by atoms with Crippen LogP contribution in [0, 0.1) is 0 Å². The molecule has 6 heteroatoms. The first kappa shape index (κ1) is 14.2. The number of hydrogen-bond acceptors (Lipinski definition) is 4. The molecule has 1 aromatic carbocycles. The number of hydrogen-bond donors (Lipinski definition) is 0. The molecule has 0 aliphatic carbocycles. The highest BCUT2D eigenvalue weighted by Crippen LogP contribution is 2.26. The van der Waals surface area contributed by atoms with Crippen LogP contribution < -0.4 is 4.74 Å². The van der Waals surface area contributed by atoms with Crippen LogP contribution in [0.4, 0.5) is 0 Å². The lowest BCUT2D eigenvalue weighted by Crippen LogP contribution is -2.14. The van der Waals surface area contributed by atoms with E-state index in [2.05, 4.69) is 15.9 Å². The predicted molar refractivity (Wildman–Crippen MR) is 69.4 cm³/mol. The van der Waals surface area contributed by atoms with Crippen LogP contribution in [0.1, 0.15) is 17.3 Å². The van der Waals surface area contributed by atoms with Crippen molar-refractivity contribution in [3.05, 3.63) is 28.2 Å². The Morgan fingerprint density at radius 2 is 2.06 bits per heavy atom. The van der Waals surface area contributed by atoms with E-state index in [1.165, 1.54) is 0 Å². The fourth-order valence-corrected chi connectivity index (χ4v) is 2.40. The maximum absolute atomic E-state index is 11.6. The van der Waals surface area contributed by atoms with Gasteiger partial charge in [-0.1, -0.05) is 0 Å². The van der Waals surface area contributed by atoms with Gasteiger partial charge in [-0.3, -0.25) is 4.79 Å². The van der Waals surface area contributed by atoms with Crippen molar-refractivity contribution in [3.63, 3.8) is 0 Å². The molecule has 0 spiro atoms. The Balaban J connectivity index is 2.94. The molecule has 0 atom stereocenters. The van der Waals surface area contributed by atoms with Crippen LogP contribution in [-0.2, 0) is 9.84 Å². The van der Waals surface area contributed by atoms with Crippen molar-refractivity contribution in [2.75, 3.05) is 18.6 Å². The smallest absolute Gasteiger partial charge is 0.177 e. The van der Waals surface area contributed by atoms with Gasteiger partial charge in [0, 0.05) is 11.8 Å². The topological polar surface area (TPSA) is 60.4 Å². The van der Waals surface area contributed by atoms with Gasteiger partial charge in [0.15, 0.2) is 15.6 Å². The summed E-state index contributed by atoms with van der Waals surface area (Å²) in [6.07, 6.45) is 1.04. The van der Waals surface area contributed by atoms with Crippen molar-refractivity contribution in [3.8, 4) is 5.75 Å². The van der Waals surface area contributed by atoms with Gasteiger partial charge in [0.2, 0.25) is 0 Å². The van der Waals surface area contributed by atoms with Gasteiger partial charge in [-0.15, -0.1) is 0 Å². The molecule has 94 valence electrons. The molecule has 0 fully saturated rings. The molecular weight excluding hydrogens is 308 g/mol. The first-order valence-corrected chi connectivity index (χ1v) is 7.82. The number of rotatable bonds is 5. The summed E-state index contributed by atoms with van der Waals surface area (Å²) in [5, 5.41) is 0. The molecule has 0 aliphatic rings. The normalized spacial score (nSPS) is 11.2. The molecular formula is C11H13BrO4S. The van der Waals surface area contributed by atoms with Crippen molar-refractivity contribution in [1.29, 1.82) is 0 Å². The SMILES string of the molecule is CCOc1ccc(C(=O)CS(C)(=O)=O)cc1Br. The van der Waals surface area contributed by atoms with Gasteiger partial charge >= 0.3 is 0 Å². The first-order valence-electron chi connectivity index (χ1n) is 4.96. The Labute approximate surface area is 109 Å². The number of carbonyl (C=O) groups excluding carboxylic acids is 1. The van der Waals surface area contributed by atoms with Crippen LogP contribution in [0.2, 0.25) is 0 Å². The largest absolute Gasteiger partial charge is 0.493 e. The molecule has 0 saturated heterocycles. The lowest BCUT2D eigenvalue weighted by atomic mass is 10.1. The summed E-state index contributed by atoms with van der Waals surface area (Å²) < 4.78 is 28.0. The molecule has 0 aromatic heterocycles. The fourth-order valence-electron chi connectivity index (χ4n) is 1.27. The van der Waals surface area contributed by atoms with Gasteiger partial charge in [-0.2, -0.15) is 0 Å². The first-order chi connectivity index (χ1) is 7.83. The van der Waals surface area contributed by atoms with Crippen molar-refractivity contribution in [2.45, 2.75) is 6.92 Å². The van der Waals surface area contributed by atoms with Crippen LogP contribution >= 0.6 is 15.9 Å². The molecule has 0 heterocycles. The van der Waals surface area contributed by atoms with E-state index in [0.29, 0.717) is 22.4 Å². The zero-order valence-electron chi connectivity index (χ0n) is 9.57. The Kier molecular flexibility index (Phi) is 4.70. The number of carbonyl (C=O) groups is 1. The Morgan fingerprint density at radius 3 is 2.53 bits per heavy atom. The zero-order valence-corrected chi connectivity index (χ0v) is 12.0. The van der Waals surface area contributed by atoms with Gasteiger partial charge < -0.3 is 4.74 Å². The van der Waals surface area contributed by atoms with Gasteiger partial charge in [0.05, 0.1) is 11.1 Å². The minimum absolute atomic E-state index is 0.353. The van der Waals surface area contributed by atoms with E-state index >= 15 is 0 Å². The average Bonchev–Trinajstić information content (AvgIpc) is 2.18. The monoisotopic (exact) mass is 320 g/mol. The Bertz CT molecular complexity index is 522. The Morgan fingerprint density at radius 1 is 1.41 bits per heavy atom. The molecule has 1 aromatic rings. The zero-order chi connectivity index (χ0) is 13.1. The quantitative estimate of drug-likeness (QED) is 0.779. The average molecular weight is 321 g/mol. The van der Waals surface area contributed by atoms with Crippen LogP contribution in [0.3, 0.4) is 0 Å². The standard InChI is InChI=1S/C11H13BrO4S/c1-3-16-11-5-4-8(6-9(11)12)10(13)7-17(2,14)15/h4-6H,3,7H2,1-2H3. The molecule has 17 heavy (non-hydrogen) atoms. The van der Waals surface area contributed by atoms with Gasteiger partial charge in [0.1, 0.15) is 11.5 Å². The number of benzene rings is 1. The van der Waals surface area contributed by atoms with Gasteiger partial charge in [-0.05, 0) is 41.1 Å².